The van der Waals surface area contributed by atoms with Crippen LogP contribution in [0.1, 0.15) is 34.6 Å². The van der Waals surface area contributed by atoms with Gasteiger partial charge in [0, 0.05) is 12.6 Å². The van der Waals surface area contributed by atoms with Crippen LogP contribution in [0.2, 0.25) is 0 Å². The molecule has 0 heterocycles. The molecule has 0 aliphatic carbocycles. The van der Waals surface area contributed by atoms with Crippen LogP contribution in [0.5, 0.6) is 0 Å². The van der Waals surface area contributed by atoms with Gasteiger partial charge in [0.05, 0.1) is 25.9 Å². The average Bonchev–Trinajstić information content (AvgIpc) is 2.13. The Bertz CT molecular complexity index is 209. The fourth-order valence-corrected chi connectivity index (χ4v) is 1.22. The van der Waals surface area contributed by atoms with Gasteiger partial charge in [-0.25, -0.2) is 0 Å². The highest BCUT2D eigenvalue weighted by Gasteiger charge is 2.16. The van der Waals surface area contributed by atoms with Gasteiger partial charge < -0.3 is 9.47 Å². The van der Waals surface area contributed by atoms with E-state index in [2.05, 4.69) is 18.6 Å². The predicted molar refractivity (Wildman–Crippen MR) is 64.4 cm³/mol. The predicted octanol–water partition coefficient (Wildman–Crippen LogP) is 1.68. The third kappa shape index (κ3) is 7.65. The first-order chi connectivity index (χ1) is 7.26. The van der Waals surface area contributed by atoms with Gasteiger partial charge in [-0.2, -0.15) is 0 Å². The van der Waals surface area contributed by atoms with Gasteiger partial charge in [0.1, 0.15) is 0 Å². The molecule has 0 fully saturated rings. The number of carbonyl (C=O) groups excluding carboxylic acids is 1. The topological polar surface area (TPSA) is 38.8 Å². The highest BCUT2D eigenvalue weighted by atomic mass is 16.5. The zero-order valence-electron chi connectivity index (χ0n) is 11.4. The summed E-state index contributed by atoms with van der Waals surface area (Å²) in [6.45, 7) is 11.9. The van der Waals surface area contributed by atoms with Crippen molar-refractivity contribution in [2.24, 2.45) is 0 Å². The van der Waals surface area contributed by atoms with Gasteiger partial charge in [-0.15, -0.1) is 0 Å². The molecule has 0 aromatic rings. The van der Waals surface area contributed by atoms with Crippen molar-refractivity contribution in [3.63, 3.8) is 0 Å². The van der Waals surface area contributed by atoms with Gasteiger partial charge in [-0.05, 0) is 34.6 Å². The Morgan fingerprint density at radius 1 is 1.31 bits per heavy atom. The van der Waals surface area contributed by atoms with E-state index in [1.165, 1.54) is 7.11 Å². The highest BCUT2D eigenvalue weighted by molar-refractivity contribution is 5.71. The minimum absolute atomic E-state index is 0.131. The molecular weight excluding hydrogens is 206 g/mol. The summed E-state index contributed by atoms with van der Waals surface area (Å²) < 4.78 is 10.3. The molecule has 0 rings (SSSR count). The summed E-state index contributed by atoms with van der Waals surface area (Å²) in [5.41, 5.74) is -0.131. The molecule has 0 N–H and O–H groups in total. The molecule has 16 heavy (non-hydrogen) atoms. The molecule has 4 nitrogen and oxygen atoms in total. The number of esters is 1. The van der Waals surface area contributed by atoms with E-state index < -0.39 is 0 Å². The first kappa shape index (κ1) is 15.4. The first-order valence-electron chi connectivity index (χ1n) is 5.71. The summed E-state index contributed by atoms with van der Waals surface area (Å²) in [5.74, 6) is -0.204. The molecule has 0 amide bonds. The quantitative estimate of drug-likeness (QED) is 0.652. The van der Waals surface area contributed by atoms with Crippen molar-refractivity contribution < 1.29 is 14.3 Å². The van der Waals surface area contributed by atoms with E-state index in [1.54, 1.807) is 0 Å². The van der Waals surface area contributed by atoms with Gasteiger partial charge in [0.15, 0.2) is 0 Å². The van der Waals surface area contributed by atoms with Gasteiger partial charge in [0.2, 0.25) is 0 Å². The summed E-state index contributed by atoms with van der Waals surface area (Å²) in [7, 11) is 1.41. The van der Waals surface area contributed by atoms with Gasteiger partial charge >= 0.3 is 5.97 Å². The maximum atomic E-state index is 11.2. The van der Waals surface area contributed by atoms with Crippen molar-refractivity contribution in [3.8, 4) is 0 Å². The number of ether oxygens (including phenoxy) is 2. The van der Waals surface area contributed by atoms with Crippen LogP contribution >= 0.6 is 0 Å². The summed E-state index contributed by atoms with van der Waals surface area (Å²) in [6.07, 6.45) is 0. The van der Waals surface area contributed by atoms with Crippen LogP contribution in [0.15, 0.2) is 0 Å². The Hall–Kier alpha value is -0.610. The van der Waals surface area contributed by atoms with Crippen LogP contribution in [-0.4, -0.2) is 49.3 Å². The molecule has 0 aromatic carbocycles. The Morgan fingerprint density at radius 2 is 1.88 bits per heavy atom. The fourth-order valence-electron chi connectivity index (χ4n) is 1.22. The van der Waals surface area contributed by atoms with Crippen LogP contribution in [0, 0.1) is 0 Å². The molecule has 0 saturated heterocycles. The molecule has 0 aliphatic rings. The average molecular weight is 231 g/mol. The second-order valence-electron chi connectivity index (χ2n) is 5.10. The van der Waals surface area contributed by atoms with Crippen molar-refractivity contribution in [2.45, 2.75) is 46.3 Å². The minimum atomic E-state index is -0.204. The van der Waals surface area contributed by atoms with Crippen molar-refractivity contribution >= 4 is 5.97 Å². The van der Waals surface area contributed by atoms with Crippen LogP contribution in [-0.2, 0) is 14.3 Å². The largest absolute Gasteiger partial charge is 0.468 e. The van der Waals surface area contributed by atoms with E-state index in [0.717, 1.165) is 6.54 Å². The molecule has 0 aliphatic heterocycles. The lowest BCUT2D eigenvalue weighted by Gasteiger charge is -2.27. The highest BCUT2D eigenvalue weighted by Crippen LogP contribution is 2.07. The maximum absolute atomic E-state index is 11.2. The number of rotatable bonds is 6. The molecule has 96 valence electrons. The van der Waals surface area contributed by atoms with Crippen LogP contribution < -0.4 is 0 Å². The monoisotopic (exact) mass is 231 g/mol. The van der Waals surface area contributed by atoms with E-state index in [0.29, 0.717) is 19.2 Å². The molecule has 4 heteroatoms. The fraction of sp³-hybridized carbons (Fsp3) is 0.917. The SMILES string of the molecule is COC(=O)CN(CCOC(C)(C)C)C(C)C. The Labute approximate surface area is 98.9 Å². The maximum Gasteiger partial charge on any atom is 0.319 e. The second-order valence-corrected chi connectivity index (χ2v) is 5.10. The second kappa shape index (κ2) is 6.86. The van der Waals surface area contributed by atoms with Gasteiger partial charge in [0.25, 0.3) is 0 Å². The molecule has 0 aromatic heterocycles. The van der Waals surface area contributed by atoms with Crippen molar-refractivity contribution in [1.82, 2.24) is 4.90 Å². The Balaban J connectivity index is 4.00. The third-order valence-corrected chi connectivity index (χ3v) is 2.20. The van der Waals surface area contributed by atoms with Crippen LogP contribution in [0.25, 0.3) is 0 Å². The normalized spacial score (nSPS) is 12.2. The van der Waals surface area contributed by atoms with E-state index in [4.69, 9.17) is 4.74 Å². The summed E-state index contributed by atoms with van der Waals surface area (Å²) >= 11 is 0. The number of carbonyl (C=O) groups is 1. The minimum Gasteiger partial charge on any atom is -0.468 e. The number of hydrogen-bond donors (Lipinski definition) is 0. The number of hydrogen-bond acceptors (Lipinski definition) is 4. The lowest BCUT2D eigenvalue weighted by molar-refractivity contribution is -0.142. The summed E-state index contributed by atoms with van der Waals surface area (Å²) in [5, 5.41) is 0. The molecule has 0 bridgehead atoms. The van der Waals surface area contributed by atoms with Crippen molar-refractivity contribution in [3.05, 3.63) is 0 Å². The van der Waals surface area contributed by atoms with E-state index in [9.17, 15) is 4.79 Å². The van der Waals surface area contributed by atoms with Crippen LogP contribution in [0.3, 0.4) is 0 Å². The van der Waals surface area contributed by atoms with Gasteiger partial charge in [-0.3, -0.25) is 9.69 Å². The van der Waals surface area contributed by atoms with Gasteiger partial charge in [-0.1, -0.05) is 0 Å². The zero-order chi connectivity index (χ0) is 12.8. The van der Waals surface area contributed by atoms with E-state index in [1.807, 2.05) is 25.7 Å². The van der Waals surface area contributed by atoms with Crippen molar-refractivity contribution in [2.75, 3.05) is 26.8 Å². The van der Waals surface area contributed by atoms with Crippen molar-refractivity contribution in [1.29, 1.82) is 0 Å². The standard InChI is InChI=1S/C12H25NO3/c1-10(2)13(9-11(14)15-6)7-8-16-12(3,4)5/h10H,7-9H2,1-6H3. The third-order valence-electron chi connectivity index (χ3n) is 2.20. The molecule has 0 saturated carbocycles. The smallest absolute Gasteiger partial charge is 0.319 e. The lowest BCUT2D eigenvalue weighted by atomic mass is 10.2. The Morgan fingerprint density at radius 3 is 2.25 bits per heavy atom. The van der Waals surface area contributed by atoms with E-state index in [-0.39, 0.29) is 11.6 Å². The Kier molecular flexibility index (Phi) is 6.60. The molecule has 0 radical (unpaired) electrons. The number of methoxy groups -OCH3 is 1. The summed E-state index contributed by atoms with van der Waals surface area (Å²) in [4.78, 5) is 13.2. The first-order valence-corrected chi connectivity index (χ1v) is 5.71. The number of nitrogens with zero attached hydrogens (tertiary/aromatic N) is 1. The molecule has 0 atom stereocenters. The molecule has 0 unspecified atom stereocenters. The zero-order valence-corrected chi connectivity index (χ0v) is 11.4. The van der Waals surface area contributed by atoms with Crippen LogP contribution in [0.4, 0.5) is 0 Å². The van der Waals surface area contributed by atoms with E-state index >= 15 is 0 Å². The molecule has 0 spiro atoms. The lowest BCUT2D eigenvalue weighted by Crippen LogP contribution is -2.39. The molecular formula is C12H25NO3. The summed E-state index contributed by atoms with van der Waals surface area (Å²) in [6, 6.07) is 0.308.